The van der Waals surface area contributed by atoms with Crippen molar-refractivity contribution < 1.29 is 9.59 Å². The van der Waals surface area contributed by atoms with Gasteiger partial charge in [0.1, 0.15) is 11.9 Å². The quantitative estimate of drug-likeness (QED) is 0.823. The molecule has 3 rings (SSSR count). The minimum absolute atomic E-state index is 0.0117. The van der Waals surface area contributed by atoms with E-state index in [0.29, 0.717) is 24.2 Å². The fourth-order valence-corrected chi connectivity index (χ4v) is 4.53. The lowest BCUT2D eigenvalue weighted by Crippen LogP contribution is -2.51. The number of rotatable bonds is 2. The van der Waals surface area contributed by atoms with E-state index >= 15 is 0 Å². The third kappa shape index (κ3) is 2.86. The topological polar surface area (TPSA) is 58.4 Å². The average molecular weight is 322 g/mol. The Balaban J connectivity index is 1.70. The second kappa shape index (κ2) is 6.32. The van der Waals surface area contributed by atoms with Gasteiger partial charge in [0.15, 0.2) is 0 Å². The number of nitrogens with zero attached hydrogens (tertiary/aromatic N) is 4. The molecule has 2 atom stereocenters. The van der Waals surface area contributed by atoms with Crippen molar-refractivity contribution in [1.82, 2.24) is 19.4 Å². The highest BCUT2D eigenvalue weighted by Crippen LogP contribution is 2.27. The van der Waals surface area contributed by atoms with Crippen LogP contribution in [0.4, 0.5) is 0 Å². The summed E-state index contributed by atoms with van der Waals surface area (Å²) in [5.41, 5.74) is 0. The molecule has 2 unspecified atom stereocenters. The first-order chi connectivity index (χ1) is 10.6. The third-order valence-corrected chi connectivity index (χ3v) is 5.55. The Morgan fingerprint density at radius 2 is 2.23 bits per heavy atom. The molecule has 6 nitrogen and oxygen atoms in total. The fraction of sp³-hybridized carbons (Fsp3) is 0.667. The minimum Gasteiger partial charge on any atom is -0.339 e. The Hall–Kier alpha value is -1.50. The Morgan fingerprint density at radius 1 is 1.41 bits per heavy atom. The van der Waals surface area contributed by atoms with E-state index in [0.717, 1.165) is 25.2 Å². The van der Waals surface area contributed by atoms with Crippen LogP contribution in [-0.4, -0.2) is 61.9 Å². The SMILES string of the molecule is CC(=O)N1CSCC1C(=O)N1CCCC(n2ccnc2C)C1. The van der Waals surface area contributed by atoms with Crippen LogP contribution >= 0.6 is 11.8 Å². The Morgan fingerprint density at radius 3 is 2.91 bits per heavy atom. The van der Waals surface area contributed by atoms with Crippen molar-refractivity contribution >= 4 is 23.6 Å². The zero-order valence-corrected chi connectivity index (χ0v) is 13.9. The number of hydrogen-bond donors (Lipinski definition) is 0. The van der Waals surface area contributed by atoms with Crippen LogP contribution in [0.5, 0.6) is 0 Å². The van der Waals surface area contributed by atoms with Crippen LogP contribution in [0.2, 0.25) is 0 Å². The number of aromatic nitrogens is 2. The number of carbonyl (C=O) groups is 2. The first kappa shape index (κ1) is 15.4. The van der Waals surface area contributed by atoms with Gasteiger partial charge in [0.05, 0.1) is 11.9 Å². The van der Waals surface area contributed by atoms with E-state index in [2.05, 4.69) is 9.55 Å². The summed E-state index contributed by atoms with van der Waals surface area (Å²) in [6.07, 6.45) is 5.85. The molecule has 22 heavy (non-hydrogen) atoms. The largest absolute Gasteiger partial charge is 0.339 e. The molecule has 1 aromatic heterocycles. The molecule has 0 bridgehead atoms. The third-order valence-electron chi connectivity index (χ3n) is 4.54. The number of hydrogen-bond acceptors (Lipinski definition) is 4. The zero-order chi connectivity index (χ0) is 15.7. The smallest absolute Gasteiger partial charge is 0.246 e. The molecule has 0 saturated carbocycles. The van der Waals surface area contributed by atoms with Crippen molar-refractivity contribution in [3.05, 3.63) is 18.2 Å². The lowest BCUT2D eigenvalue weighted by atomic mass is 10.0. The van der Waals surface area contributed by atoms with Crippen molar-refractivity contribution in [2.45, 2.75) is 38.8 Å². The number of piperidine rings is 1. The van der Waals surface area contributed by atoms with Crippen LogP contribution in [-0.2, 0) is 9.59 Å². The maximum atomic E-state index is 12.8. The van der Waals surface area contributed by atoms with Gasteiger partial charge in [0.25, 0.3) is 0 Å². The lowest BCUT2D eigenvalue weighted by Gasteiger charge is -2.36. The fourth-order valence-electron chi connectivity index (χ4n) is 3.32. The van der Waals surface area contributed by atoms with E-state index in [4.69, 9.17) is 0 Å². The molecular formula is C15H22N4O2S. The molecule has 120 valence electrons. The summed E-state index contributed by atoms with van der Waals surface area (Å²) in [7, 11) is 0. The van der Waals surface area contributed by atoms with Gasteiger partial charge in [-0.2, -0.15) is 0 Å². The predicted octanol–water partition coefficient (Wildman–Crippen LogP) is 1.28. The molecule has 0 radical (unpaired) electrons. The molecule has 1 aromatic rings. The van der Waals surface area contributed by atoms with Gasteiger partial charge in [-0.1, -0.05) is 0 Å². The normalized spacial score (nSPS) is 25.5. The summed E-state index contributed by atoms with van der Waals surface area (Å²) in [6.45, 7) is 5.03. The summed E-state index contributed by atoms with van der Waals surface area (Å²) in [5, 5.41) is 0. The standard InChI is InChI=1S/C15H22N4O2S/c1-11-16-5-7-18(11)13-4-3-6-17(8-13)15(21)14-9-22-10-19(14)12(2)20/h5,7,13-14H,3-4,6,8-10H2,1-2H3. The Bertz CT molecular complexity index is 574. The maximum absolute atomic E-state index is 12.8. The highest BCUT2D eigenvalue weighted by atomic mass is 32.2. The minimum atomic E-state index is -0.287. The van der Waals surface area contributed by atoms with Crippen LogP contribution in [0.25, 0.3) is 0 Å². The molecule has 2 amide bonds. The van der Waals surface area contributed by atoms with Crippen LogP contribution in [0.15, 0.2) is 12.4 Å². The van der Waals surface area contributed by atoms with Gasteiger partial charge in [0, 0.05) is 38.2 Å². The molecule has 2 fully saturated rings. The van der Waals surface area contributed by atoms with Crippen molar-refractivity contribution in [2.24, 2.45) is 0 Å². The summed E-state index contributed by atoms with van der Waals surface area (Å²) in [4.78, 5) is 32.4. The highest BCUT2D eigenvalue weighted by molar-refractivity contribution is 7.99. The van der Waals surface area contributed by atoms with Gasteiger partial charge in [-0.05, 0) is 19.8 Å². The first-order valence-corrected chi connectivity index (χ1v) is 8.86. The van der Waals surface area contributed by atoms with Crippen molar-refractivity contribution in [3.63, 3.8) is 0 Å². The molecule has 0 spiro atoms. The number of imidazole rings is 1. The highest BCUT2D eigenvalue weighted by Gasteiger charge is 2.37. The molecule has 3 heterocycles. The monoisotopic (exact) mass is 322 g/mol. The second-order valence-electron chi connectivity index (χ2n) is 5.97. The first-order valence-electron chi connectivity index (χ1n) is 7.71. The Kier molecular flexibility index (Phi) is 4.42. The molecule has 2 aliphatic heterocycles. The summed E-state index contributed by atoms with van der Waals surface area (Å²) in [5.74, 6) is 2.42. The van der Waals surface area contributed by atoms with Crippen molar-refractivity contribution in [1.29, 1.82) is 0 Å². The molecular weight excluding hydrogens is 300 g/mol. The van der Waals surface area contributed by atoms with Crippen molar-refractivity contribution in [2.75, 3.05) is 24.7 Å². The van der Waals surface area contributed by atoms with Gasteiger partial charge in [-0.3, -0.25) is 9.59 Å². The number of carbonyl (C=O) groups excluding carboxylic acids is 2. The number of amides is 2. The van der Waals surface area contributed by atoms with Gasteiger partial charge >= 0.3 is 0 Å². The zero-order valence-electron chi connectivity index (χ0n) is 13.1. The van der Waals surface area contributed by atoms with Gasteiger partial charge in [0.2, 0.25) is 11.8 Å². The van der Waals surface area contributed by atoms with Crippen LogP contribution in [0.1, 0.15) is 31.6 Å². The molecule has 0 aliphatic carbocycles. The molecule has 7 heteroatoms. The van der Waals surface area contributed by atoms with E-state index in [1.165, 1.54) is 0 Å². The molecule has 0 N–H and O–H groups in total. The van der Waals surface area contributed by atoms with Gasteiger partial charge in [-0.25, -0.2) is 4.98 Å². The summed E-state index contributed by atoms with van der Waals surface area (Å²) < 4.78 is 2.16. The summed E-state index contributed by atoms with van der Waals surface area (Å²) >= 11 is 1.65. The van der Waals surface area contributed by atoms with Crippen LogP contribution in [0, 0.1) is 6.92 Å². The predicted molar refractivity (Wildman–Crippen MR) is 85.4 cm³/mol. The molecule has 2 aliphatic rings. The van der Waals surface area contributed by atoms with E-state index < -0.39 is 0 Å². The molecule has 0 aromatic carbocycles. The number of likely N-dealkylation sites (tertiary alicyclic amines) is 1. The van der Waals surface area contributed by atoms with Crippen LogP contribution in [0.3, 0.4) is 0 Å². The number of aryl methyl sites for hydroxylation is 1. The summed E-state index contributed by atoms with van der Waals surface area (Å²) in [6, 6.07) is 0.00479. The van der Waals surface area contributed by atoms with Gasteiger partial charge in [-0.15, -0.1) is 11.8 Å². The van der Waals surface area contributed by atoms with Crippen molar-refractivity contribution in [3.8, 4) is 0 Å². The van der Waals surface area contributed by atoms with Gasteiger partial charge < -0.3 is 14.4 Å². The average Bonchev–Trinajstić information content (AvgIpc) is 3.15. The van der Waals surface area contributed by atoms with Crippen LogP contribution < -0.4 is 0 Å². The maximum Gasteiger partial charge on any atom is 0.246 e. The number of thioether (sulfide) groups is 1. The van der Waals surface area contributed by atoms with E-state index in [9.17, 15) is 9.59 Å². The second-order valence-corrected chi connectivity index (χ2v) is 6.97. The Labute approximate surface area is 134 Å². The molecule has 2 saturated heterocycles. The van der Waals surface area contributed by atoms with E-state index in [-0.39, 0.29) is 17.9 Å². The van der Waals surface area contributed by atoms with E-state index in [1.807, 2.05) is 18.0 Å². The van der Waals surface area contributed by atoms with E-state index in [1.54, 1.807) is 29.8 Å². The lowest BCUT2D eigenvalue weighted by molar-refractivity contribution is -0.143.